The molecule has 0 aromatic rings. The minimum Gasteiger partial charge on any atom is -0.466 e. The summed E-state index contributed by atoms with van der Waals surface area (Å²) in [5, 5.41) is 0. The second kappa shape index (κ2) is 8.95. The van der Waals surface area contributed by atoms with Crippen LogP contribution in [0.25, 0.3) is 0 Å². The number of hydrogen-bond acceptors (Lipinski definition) is 4. The van der Waals surface area contributed by atoms with E-state index in [1.807, 2.05) is 6.92 Å². The van der Waals surface area contributed by atoms with E-state index in [0.29, 0.717) is 25.2 Å². The van der Waals surface area contributed by atoms with Crippen LogP contribution < -0.4 is 0 Å². The molecule has 0 atom stereocenters. The molecule has 0 aliphatic carbocycles. The summed E-state index contributed by atoms with van der Waals surface area (Å²) in [5.41, 5.74) is 0.553. The van der Waals surface area contributed by atoms with Crippen molar-refractivity contribution in [2.75, 3.05) is 13.2 Å². The topological polar surface area (TPSA) is 52.6 Å². The van der Waals surface area contributed by atoms with E-state index < -0.39 is 0 Å². The third-order valence-electron chi connectivity index (χ3n) is 1.89. The third-order valence-corrected chi connectivity index (χ3v) is 1.89. The van der Waals surface area contributed by atoms with Crippen molar-refractivity contribution < 1.29 is 19.1 Å². The van der Waals surface area contributed by atoms with Gasteiger partial charge < -0.3 is 9.47 Å². The number of carbonyl (C=O) groups is 2. The summed E-state index contributed by atoms with van der Waals surface area (Å²) in [6.45, 7) is 6.16. The number of hydrogen-bond donors (Lipinski definition) is 0. The van der Waals surface area contributed by atoms with Crippen LogP contribution >= 0.6 is 0 Å². The van der Waals surface area contributed by atoms with Crippen LogP contribution in [0, 0.1) is 0 Å². The maximum Gasteiger partial charge on any atom is 0.333 e. The largest absolute Gasteiger partial charge is 0.466 e. The Kier molecular flexibility index (Phi) is 8.21. The Morgan fingerprint density at radius 1 is 1.00 bits per heavy atom. The van der Waals surface area contributed by atoms with E-state index >= 15 is 0 Å². The summed E-state index contributed by atoms with van der Waals surface area (Å²) in [4.78, 5) is 22.6. The SMILES string of the molecule is CC/C=C(/CCC(=O)OCC)C(=O)OCC. The summed E-state index contributed by atoms with van der Waals surface area (Å²) in [6, 6.07) is 0. The molecule has 0 fully saturated rings. The molecule has 0 aromatic carbocycles. The smallest absolute Gasteiger partial charge is 0.333 e. The molecule has 0 saturated carbocycles. The molecular formula is C12H20O4. The lowest BCUT2D eigenvalue weighted by atomic mass is 10.1. The molecule has 0 aromatic heterocycles. The van der Waals surface area contributed by atoms with Gasteiger partial charge in [-0.25, -0.2) is 4.79 Å². The van der Waals surface area contributed by atoms with Crippen LogP contribution in [0.2, 0.25) is 0 Å². The van der Waals surface area contributed by atoms with Gasteiger partial charge in [-0.2, -0.15) is 0 Å². The zero-order valence-corrected chi connectivity index (χ0v) is 10.2. The van der Waals surface area contributed by atoms with Gasteiger partial charge in [0.15, 0.2) is 0 Å². The highest BCUT2D eigenvalue weighted by atomic mass is 16.5. The molecular weight excluding hydrogens is 208 g/mol. The van der Waals surface area contributed by atoms with Crippen LogP contribution in [-0.4, -0.2) is 25.2 Å². The molecule has 0 amide bonds. The number of allylic oxidation sites excluding steroid dienone is 1. The van der Waals surface area contributed by atoms with Gasteiger partial charge in [-0.1, -0.05) is 13.0 Å². The van der Waals surface area contributed by atoms with E-state index in [2.05, 4.69) is 0 Å². The summed E-state index contributed by atoms with van der Waals surface area (Å²) >= 11 is 0. The Labute approximate surface area is 96.6 Å². The highest BCUT2D eigenvalue weighted by molar-refractivity contribution is 5.89. The fraction of sp³-hybridized carbons (Fsp3) is 0.667. The number of ether oxygens (including phenoxy) is 2. The van der Waals surface area contributed by atoms with Gasteiger partial charge in [0.2, 0.25) is 0 Å². The van der Waals surface area contributed by atoms with Crippen molar-refractivity contribution in [1.29, 1.82) is 0 Å². The van der Waals surface area contributed by atoms with E-state index in [-0.39, 0.29) is 18.4 Å². The molecule has 0 heterocycles. The van der Waals surface area contributed by atoms with E-state index in [1.54, 1.807) is 19.9 Å². The van der Waals surface area contributed by atoms with E-state index in [0.717, 1.165) is 6.42 Å². The molecule has 0 spiro atoms. The zero-order chi connectivity index (χ0) is 12.4. The molecule has 0 saturated heterocycles. The highest BCUT2D eigenvalue weighted by Gasteiger charge is 2.12. The maximum absolute atomic E-state index is 11.5. The van der Waals surface area contributed by atoms with Crippen LogP contribution in [0.15, 0.2) is 11.6 Å². The van der Waals surface area contributed by atoms with Crippen molar-refractivity contribution >= 4 is 11.9 Å². The molecule has 0 bridgehead atoms. The predicted molar refractivity (Wildman–Crippen MR) is 60.9 cm³/mol. The Bertz CT molecular complexity index is 256. The number of carbonyl (C=O) groups excluding carboxylic acids is 2. The minimum absolute atomic E-state index is 0.221. The molecule has 4 heteroatoms. The molecule has 0 rings (SSSR count). The van der Waals surface area contributed by atoms with Crippen LogP contribution in [0.3, 0.4) is 0 Å². The Morgan fingerprint density at radius 3 is 2.12 bits per heavy atom. The Morgan fingerprint density at radius 2 is 1.62 bits per heavy atom. The van der Waals surface area contributed by atoms with E-state index in [4.69, 9.17) is 9.47 Å². The second-order valence-electron chi connectivity index (χ2n) is 3.16. The van der Waals surface area contributed by atoms with Crippen LogP contribution in [0.1, 0.15) is 40.0 Å². The monoisotopic (exact) mass is 228 g/mol. The van der Waals surface area contributed by atoms with Crippen molar-refractivity contribution in [2.45, 2.75) is 40.0 Å². The average Bonchev–Trinajstić information content (AvgIpc) is 2.24. The summed E-state index contributed by atoms with van der Waals surface area (Å²) in [6.07, 6.45) is 3.14. The van der Waals surface area contributed by atoms with Gasteiger partial charge in [-0.3, -0.25) is 4.79 Å². The lowest BCUT2D eigenvalue weighted by molar-refractivity contribution is -0.143. The first-order valence-corrected chi connectivity index (χ1v) is 5.67. The molecule has 16 heavy (non-hydrogen) atoms. The van der Waals surface area contributed by atoms with Crippen LogP contribution in [0.5, 0.6) is 0 Å². The summed E-state index contributed by atoms with van der Waals surface area (Å²) in [5.74, 6) is -0.623. The highest BCUT2D eigenvalue weighted by Crippen LogP contribution is 2.09. The first kappa shape index (κ1) is 14.7. The first-order valence-electron chi connectivity index (χ1n) is 5.67. The van der Waals surface area contributed by atoms with Gasteiger partial charge in [-0.05, 0) is 26.7 Å². The van der Waals surface area contributed by atoms with Gasteiger partial charge in [0, 0.05) is 12.0 Å². The van der Waals surface area contributed by atoms with Gasteiger partial charge in [0.05, 0.1) is 13.2 Å². The molecule has 0 aliphatic heterocycles. The zero-order valence-electron chi connectivity index (χ0n) is 10.2. The van der Waals surface area contributed by atoms with Crippen molar-refractivity contribution in [1.82, 2.24) is 0 Å². The molecule has 4 nitrogen and oxygen atoms in total. The van der Waals surface area contributed by atoms with Crippen molar-refractivity contribution in [3.63, 3.8) is 0 Å². The fourth-order valence-corrected chi connectivity index (χ4v) is 1.23. The summed E-state index contributed by atoms with van der Waals surface area (Å²) in [7, 11) is 0. The van der Waals surface area contributed by atoms with Crippen molar-refractivity contribution in [3.05, 3.63) is 11.6 Å². The minimum atomic E-state index is -0.339. The van der Waals surface area contributed by atoms with Crippen molar-refractivity contribution in [3.8, 4) is 0 Å². The van der Waals surface area contributed by atoms with Gasteiger partial charge in [0.25, 0.3) is 0 Å². The quantitative estimate of drug-likeness (QED) is 0.495. The molecule has 0 N–H and O–H groups in total. The molecule has 92 valence electrons. The van der Waals surface area contributed by atoms with Gasteiger partial charge in [-0.15, -0.1) is 0 Å². The number of esters is 2. The second-order valence-corrected chi connectivity index (χ2v) is 3.16. The predicted octanol–water partition coefficient (Wildman–Crippen LogP) is 2.23. The van der Waals surface area contributed by atoms with Gasteiger partial charge >= 0.3 is 11.9 Å². The number of rotatable bonds is 7. The molecule has 0 radical (unpaired) electrons. The fourth-order valence-electron chi connectivity index (χ4n) is 1.23. The van der Waals surface area contributed by atoms with E-state index in [1.165, 1.54) is 0 Å². The first-order chi connectivity index (χ1) is 7.65. The van der Waals surface area contributed by atoms with Crippen LogP contribution in [0.4, 0.5) is 0 Å². The average molecular weight is 228 g/mol. The summed E-state index contributed by atoms with van der Waals surface area (Å²) < 4.78 is 9.68. The Balaban J connectivity index is 4.19. The lowest BCUT2D eigenvalue weighted by Crippen LogP contribution is -2.11. The van der Waals surface area contributed by atoms with E-state index in [9.17, 15) is 9.59 Å². The van der Waals surface area contributed by atoms with Crippen molar-refractivity contribution in [2.24, 2.45) is 0 Å². The van der Waals surface area contributed by atoms with Crippen LogP contribution in [-0.2, 0) is 19.1 Å². The molecule has 0 unspecified atom stereocenters. The molecule has 0 aliphatic rings. The maximum atomic E-state index is 11.5. The Hall–Kier alpha value is -1.32. The van der Waals surface area contributed by atoms with Gasteiger partial charge in [0.1, 0.15) is 0 Å². The normalized spacial score (nSPS) is 11.1. The standard InChI is InChI=1S/C12H20O4/c1-4-7-10(12(14)16-6-3)8-9-11(13)15-5-2/h7H,4-6,8-9H2,1-3H3/b10-7-. The lowest BCUT2D eigenvalue weighted by Gasteiger charge is -2.06. The third kappa shape index (κ3) is 6.22.